The van der Waals surface area contributed by atoms with Crippen molar-refractivity contribution in [2.45, 2.75) is 44.2 Å². The molecule has 0 spiro atoms. The summed E-state index contributed by atoms with van der Waals surface area (Å²) in [5, 5.41) is 3.14. The summed E-state index contributed by atoms with van der Waals surface area (Å²) in [4.78, 5) is 12.0. The molecule has 1 fully saturated rings. The van der Waals surface area contributed by atoms with Crippen LogP contribution in [0.5, 0.6) is 5.75 Å². The number of carbonyl (C=O) groups excluding carboxylic acids is 1. The fourth-order valence-electron chi connectivity index (χ4n) is 2.90. The predicted octanol–water partition coefficient (Wildman–Crippen LogP) is 2.45. The number of likely N-dealkylation sites (N-methyl/N-ethyl adjacent to an activating group) is 1. The van der Waals surface area contributed by atoms with Crippen molar-refractivity contribution in [3.8, 4) is 5.75 Å². The molecule has 2 rings (SSSR count). The third-order valence-corrected chi connectivity index (χ3v) is 4.15. The molecule has 1 N–H and O–H groups in total. The molecule has 1 aliphatic carbocycles. The van der Waals surface area contributed by atoms with Crippen LogP contribution in [0.15, 0.2) is 24.3 Å². The number of aryl methyl sites for hydroxylation is 1. The highest BCUT2D eigenvalue weighted by molar-refractivity contribution is 5.81. The van der Waals surface area contributed by atoms with Gasteiger partial charge in [0.25, 0.3) is 0 Å². The Morgan fingerprint density at radius 1 is 1.40 bits per heavy atom. The minimum Gasteiger partial charge on any atom is -0.490 e. The first-order chi connectivity index (χ1) is 9.61. The molecule has 110 valence electrons. The first-order valence-electron chi connectivity index (χ1n) is 7.11. The van der Waals surface area contributed by atoms with Gasteiger partial charge in [0.1, 0.15) is 17.4 Å². The van der Waals surface area contributed by atoms with Gasteiger partial charge in [0.05, 0.1) is 7.11 Å². The van der Waals surface area contributed by atoms with Crippen LogP contribution in [0, 0.1) is 6.92 Å². The number of methoxy groups -OCH3 is 1. The first-order valence-corrected chi connectivity index (χ1v) is 7.11. The summed E-state index contributed by atoms with van der Waals surface area (Å²) < 4.78 is 11.0. The SMILES string of the molecule is CNC1(C(=O)OC)CCCC(Oc2ccccc2C)C1. The van der Waals surface area contributed by atoms with Crippen molar-refractivity contribution in [2.75, 3.05) is 14.2 Å². The van der Waals surface area contributed by atoms with Crippen LogP contribution in [0.3, 0.4) is 0 Å². The van der Waals surface area contributed by atoms with Crippen molar-refractivity contribution in [3.05, 3.63) is 29.8 Å². The van der Waals surface area contributed by atoms with E-state index in [1.54, 1.807) is 0 Å². The van der Waals surface area contributed by atoms with E-state index >= 15 is 0 Å². The average molecular weight is 277 g/mol. The molecule has 0 amide bonds. The predicted molar refractivity (Wildman–Crippen MR) is 77.9 cm³/mol. The van der Waals surface area contributed by atoms with Crippen molar-refractivity contribution in [1.82, 2.24) is 5.32 Å². The van der Waals surface area contributed by atoms with Gasteiger partial charge < -0.3 is 14.8 Å². The number of hydrogen-bond acceptors (Lipinski definition) is 4. The summed E-state index contributed by atoms with van der Waals surface area (Å²) in [6, 6.07) is 7.97. The Morgan fingerprint density at radius 3 is 2.80 bits per heavy atom. The van der Waals surface area contributed by atoms with Gasteiger partial charge in [-0.05, 0) is 44.9 Å². The number of hydrogen-bond donors (Lipinski definition) is 1. The minimum absolute atomic E-state index is 0.0383. The van der Waals surface area contributed by atoms with Crippen molar-refractivity contribution in [3.63, 3.8) is 0 Å². The Bertz CT molecular complexity index is 475. The van der Waals surface area contributed by atoms with E-state index in [1.807, 2.05) is 38.2 Å². The molecule has 1 aliphatic rings. The lowest BCUT2D eigenvalue weighted by molar-refractivity contribution is -0.151. The molecule has 0 heterocycles. The third kappa shape index (κ3) is 2.96. The van der Waals surface area contributed by atoms with Crippen LogP contribution in [0.1, 0.15) is 31.2 Å². The van der Waals surface area contributed by atoms with Crippen molar-refractivity contribution < 1.29 is 14.3 Å². The molecule has 20 heavy (non-hydrogen) atoms. The van der Waals surface area contributed by atoms with Crippen LogP contribution < -0.4 is 10.1 Å². The van der Waals surface area contributed by atoms with E-state index in [-0.39, 0.29) is 12.1 Å². The molecule has 1 saturated carbocycles. The molecule has 0 radical (unpaired) electrons. The second-order valence-electron chi connectivity index (χ2n) is 5.43. The van der Waals surface area contributed by atoms with Gasteiger partial charge >= 0.3 is 5.97 Å². The minimum atomic E-state index is -0.611. The maximum atomic E-state index is 12.0. The van der Waals surface area contributed by atoms with Gasteiger partial charge in [0.2, 0.25) is 0 Å². The van der Waals surface area contributed by atoms with Gasteiger partial charge in [-0.15, -0.1) is 0 Å². The van der Waals surface area contributed by atoms with Gasteiger partial charge in [0.15, 0.2) is 0 Å². The van der Waals surface area contributed by atoms with Gasteiger partial charge in [-0.25, -0.2) is 0 Å². The largest absolute Gasteiger partial charge is 0.490 e. The highest BCUT2D eigenvalue weighted by atomic mass is 16.5. The van der Waals surface area contributed by atoms with E-state index in [0.29, 0.717) is 6.42 Å². The van der Waals surface area contributed by atoms with Crippen LogP contribution in [0.2, 0.25) is 0 Å². The molecular formula is C16H23NO3. The fourth-order valence-corrected chi connectivity index (χ4v) is 2.90. The van der Waals surface area contributed by atoms with E-state index in [4.69, 9.17) is 9.47 Å². The number of ether oxygens (including phenoxy) is 2. The molecule has 0 aliphatic heterocycles. The fraction of sp³-hybridized carbons (Fsp3) is 0.562. The topological polar surface area (TPSA) is 47.6 Å². The smallest absolute Gasteiger partial charge is 0.326 e. The second kappa shape index (κ2) is 6.27. The number of carbonyl (C=O) groups is 1. The number of para-hydroxylation sites is 1. The van der Waals surface area contributed by atoms with Crippen LogP contribution in [-0.2, 0) is 9.53 Å². The molecule has 2 unspecified atom stereocenters. The van der Waals surface area contributed by atoms with Crippen LogP contribution in [-0.4, -0.2) is 31.8 Å². The zero-order valence-corrected chi connectivity index (χ0v) is 12.4. The normalized spacial score (nSPS) is 26.1. The lowest BCUT2D eigenvalue weighted by Crippen LogP contribution is -2.55. The summed E-state index contributed by atoms with van der Waals surface area (Å²) in [5.74, 6) is 0.701. The Kier molecular flexibility index (Phi) is 4.65. The number of nitrogens with one attached hydrogen (secondary N) is 1. The summed E-state index contributed by atoms with van der Waals surface area (Å²) in [7, 11) is 3.25. The van der Waals surface area contributed by atoms with Crippen LogP contribution >= 0.6 is 0 Å². The summed E-state index contributed by atoms with van der Waals surface area (Å²) in [6.45, 7) is 2.03. The zero-order chi connectivity index (χ0) is 14.6. The maximum absolute atomic E-state index is 12.0. The van der Waals surface area contributed by atoms with Gasteiger partial charge in [-0.2, -0.15) is 0 Å². The number of esters is 1. The maximum Gasteiger partial charge on any atom is 0.326 e. The molecule has 1 aromatic carbocycles. The molecule has 0 aromatic heterocycles. The summed E-state index contributed by atoms with van der Waals surface area (Å²) in [6.07, 6.45) is 3.40. The third-order valence-electron chi connectivity index (χ3n) is 4.15. The Morgan fingerprint density at radius 2 is 2.15 bits per heavy atom. The van der Waals surface area contributed by atoms with Gasteiger partial charge in [-0.1, -0.05) is 18.2 Å². The molecule has 4 nitrogen and oxygen atoms in total. The zero-order valence-electron chi connectivity index (χ0n) is 12.4. The standard InChI is InChI=1S/C16H23NO3/c1-12-7-4-5-9-14(12)20-13-8-6-10-16(11-13,17-2)15(18)19-3/h4-5,7,9,13,17H,6,8,10-11H2,1-3H3. The van der Waals surface area contributed by atoms with Crippen molar-refractivity contribution in [1.29, 1.82) is 0 Å². The average Bonchev–Trinajstić information content (AvgIpc) is 2.49. The van der Waals surface area contributed by atoms with Crippen molar-refractivity contribution >= 4 is 5.97 Å². The first kappa shape index (κ1) is 14.9. The molecule has 1 aromatic rings. The number of rotatable bonds is 4. The molecular weight excluding hydrogens is 254 g/mol. The highest BCUT2D eigenvalue weighted by Gasteiger charge is 2.43. The highest BCUT2D eigenvalue weighted by Crippen LogP contribution is 2.32. The Balaban J connectivity index is 2.10. The quantitative estimate of drug-likeness (QED) is 0.859. The molecule has 0 bridgehead atoms. The lowest BCUT2D eigenvalue weighted by Gasteiger charge is -2.38. The van der Waals surface area contributed by atoms with Gasteiger partial charge in [-0.3, -0.25) is 4.79 Å². The molecule has 4 heteroatoms. The summed E-state index contributed by atoms with van der Waals surface area (Å²) in [5.41, 5.74) is 0.506. The Labute approximate surface area is 120 Å². The molecule has 2 atom stereocenters. The second-order valence-corrected chi connectivity index (χ2v) is 5.43. The monoisotopic (exact) mass is 277 g/mol. The van der Waals surface area contributed by atoms with E-state index in [0.717, 1.165) is 30.6 Å². The van der Waals surface area contributed by atoms with E-state index in [1.165, 1.54) is 7.11 Å². The van der Waals surface area contributed by atoms with E-state index in [9.17, 15) is 4.79 Å². The summed E-state index contributed by atoms with van der Waals surface area (Å²) >= 11 is 0. The lowest BCUT2D eigenvalue weighted by atomic mass is 9.80. The van der Waals surface area contributed by atoms with Crippen molar-refractivity contribution in [2.24, 2.45) is 0 Å². The molecule has 0 saturated heterocycles. The van der Waals surface area contributed by atoms with Crippen LogP contribution in [0.4, 0.5) is 0 Å². The number of benzene rings is 1. The van der Waals surface area contributed by atoms with Gasteiger partial charge in [0, 0.05) is 6.42 Å². The van der Waals surface area contributed by atoms with E-state index < -0.39 is 5.54 Å². The Hall–Kier alpha value is -1.55. The van der Waals surface area contributed by atoms with Crippen LogP contribution in [0.25, 0.3) is 0 Å². The van der Waals surface area contributed by atoms with E-state index in [2.05, 4.69) is 5.32 Å².